The predicted octanol–water partition coefficient (Wildman–Crippen LogP) is 5.55. The zero-order valence-corrected chi connectivity index (χ0v) is 17.7. The Morgan fingerprint density at radius 1 is 1.13 bits per heavy atom. The fraction of sp³-hybridized carbons (Fsp3) is 0.360. The second-order valence-electron chi connectivity index (χ2n) is 8.91. The Bertz CT molecular complexity index is 1120. The molecule has 160 valence electrons. The van der Waals surface area contributed by atoms with Crippen molar-refractivity contribution >= 4 is 34.1 Å². The summed E-state index contributed by atoms with van der Waals surface area (Å²) in [7, 11) is 0. The summed E-state index contributed by atoms with van der Waals surface area (Å²) in [5.74, 6) is 0.506. The lowest BCUT2D eigenvalue weighted by Crippen LogP contribution is -2.21. The van der Waals surface area contributed by atoms with Crippen LogP contribution in [-0.4, -0.2) is 22.1 Å². The average Bonchev–Trinajstić information content (AvgIpc) is 3.27. The third-order valence-electron chi connectivity index (χ3n) is 6.99. The minimum Gasteiger partial charge on any atom is -0.392 e. The highest BCUT2D eigenvalue weighted by Gasteiger charge is 2.48. The average molecular weight is 439 g/mol. The quantitative estimate of drug-likeness (QED) is 0.561. The lowest BCUT2D eigenvalue weighted by atomic mass is 9.88. The van der Waals surface area contributed by atoms with Gasteiger partial charge in [-0.05, 0) is 91.1 Å². The Labute approximate surface area is 185 Å². The highest BCUT2D eigenvalue weighted by Crippen LogP contribution is 2.54. The predicted molar refractivity (Wildman–Crippen MR) is 119 cm³/mol. The van der Waals surface area contributed by atoms with Gasteiger partial charge in [-0.25, -0.2) is 4.39 Å². The molecule has 2 aliphatic carbocycles. The van der Waals surface area contributed by atoms with Gasteiger partial charge in [-0.3, -0.25) is 9.78 Å². The molecule has 0 radical (unpaired) electrons. The number of hydrogen-bond acceptors (Lipinski definition) is 3. The van der Waals surface area contributed by atoms with E-state index in [1.165, 1.54) is 12.1 Å². The van der Waals surface area contributed by atoms with Crippen LogP contribution in [0.15, 0.2) is 54.7 Å². The van der Waals surface area contributed by atoms with Crippen molar-refractivity contribution in [3.8, 4) is 0 Å². The molecule has 2 N–H and O–H groups in total. The molecule has 2 fully saturated rings. The molecule has 31 heavy (non-hydrogen) atoms. The minimum absolute atomic E-state index is 0.00561. The van der Waals surface area contributed by atoms with E-state index in [9.17, 15) is 14.3 Å². The minimum atomic E-state index is -0.483. The maximum atomic E-state index is 13.8. The molecule has 1 heterocycles. The first-order valence-electron chi connectivity index (χ1n) is 10.8. The highest BCUT2D eigenvalue weighted by atomic mass is 35.5. The lowest BCUT2D eigenvalue weighted by Gasteiger charge is -2.21. The third-order valence-corrected chi connectivity index (χ3v) is 7.25. The van der Waals surface area contributed by atoms with Crippen molar-refractivity contribution < 1.29 is 14.3 Å². The van der Waals surface area contributed by atoms with E-state index in [0.717, 1.165) is 41.4 Å². The van der Waals surface area contributed by atoms with Crippen LogP contribution in [0.2, 0.25) is 5.02 Å². The third kappa shape index (κ3) is 4.04. The smallest absolute Gasteiger partial charge is 0.224 e. The van der Waals surface area contributed by atoms with E-state index in [-0.39, 0.29) is 29.5 Å². The van der Waals surface area contributed by atoms with Crippen molar-refractivity contribution in [2.75, 3.05) is 5.32 Å². The van der Waals surface area contributed by atoms with Gasteiger partial charge in [0.25, 0.3) is 0 Å². The molecule has 2 unspecified atom stereocenters. The first-order valence-corrected chi connectivity index (χ1v) is 11.1. The monoisotopic (exact) mass is 438 g/mol. The van der Waals surface area contributed by atoms with E-state index in [4.69, 9.17) is 11.6 Å². The molecule has 0 aliphatic heterocycles. The summed E-state index contributed by atoms with van der Waals surface area (Å²) in [6.07, 6.45) is 4.34. The molecule has 0 spiro atoms. The summed E-state index contributed by atoms with van der Waals surface area (Å²) in [6.45, 7) is 0. The van der Waals surface area contributed by atoms with Gasteiger partial charge in [0, 0.05) is 34.6 Å². The molecular weight excluding hydrogens is 415 g/mol. The molecule has 4 nitrogen and oxygen atoms in total. The number of amides is 1. The number of fused-ring (bicyclic) bond motifs is 2. The summed E-state index contributed by atoms with van der Waals surface area (Å²) in [5.41, 5.74) is 2.47. The molecule has 5 rings (SSSR count). The van der Waals surface area contributed by atoms with Crippen LogP contribution in [0.25, 0.3) is 10.9 Å². The molecule has 0 saturated heterocycles. The van der Waals surface area contributed by atoms with E-state index < -0.39 is 6.10 Å². The Kier molecular flexibility index (Phi) is 5.40. The molecule has 1 aromatic heterocycles. The summed E-state index contributed by atoms with van der Waals surface area (Å²) in [5, 5.41) is 15.5. The first-order chi connectivity index (χ1) is 15.0. The molecule has 2 aliphatic rings. The van der Waals surface area contributed by atoms with Crippen LogP contribution in [0.1, 0.15) is 37.2 Å². The van der Waals surface area contributed by atoms with Crippen molar-refractivity contribution in [3.05, 3.63) is 71.1 Å². The molecular formula is C25H24ClFN2O2. The van der Waals surface area contributed by atoms with E-state index in [2.05, 4.69) is 10.3 Å². The fourth-order valence-corrected chi connectivity index (χ4v) is 5.80. The van der Waals surface area contributed by atoms with Crippen molar-refractivity contribution in [1.29, 1.82) is 0 Å². The van der Waals surface area contributed by atoms with E-state index >= 15 is 0 Å². The standard InChI is InChI=1S/C25H24ClFN2O2/c26-16-1-4-18(5-2-16)29-24(30)11-14-9-15-12-22(25(31)20(15)10-14)19-7-8-28-23-6-3-17(27)13-21(19)23/h1-8,13-15,20,22,25,31H,9-12H2,(H,29,30)/t14-,15?,20-,22+,25?/m1/s1. The van der Waals surface area contributed by atoms with Gasteiger partial charge in [-0.2, -0.15) is 0 Å². The molecule has 2 saturated carbocycles. The number of benzene rings is 2. The highest BCUT2D eigenvalue weighted by molar-refractivity contribution is 6.30. The maximum Gasteiger partial charge on any atom is 0.224 e. The Morgan fingerprint density at radius 2 is 1.94 bits per heavy atom. The number of aliphatic hydroxyl groups is 1. The topological polar surface area (TPSA) is 62.2 Å². The number of hydrogen-bond donors (Lipinski definition) is 2. The van der Waals surface area contributed by atoms with Crippen molar-refractivity contribution in [3.63, 3.8) is 0 Å². The van der Waals surface area contributed by atoms with Gasteiger partial charge < -0.3 is 10.4 Å². The van der Waals surface area contributed by atoms with E-state index in [0.29, 0.717) is 17.4 Å². The van der Waals surface area contributed by atoms with Gasteiger partial charge in [-0.15, -0.1) is 0 Å². The second-order valence-corrected chi connectivity index (χ2v) is 9.35. The largest absolute Gasteiger partial charge is 0.392 e. The van der Waals surface area contributed by atoms with Crippen LogP contribution in [0.5, 0.6) is 0 Å². The SMILES string of the molecule is O=C(C[C@@H]1CC2C[C@@H](c3ccnc4ccc(F)cc34)C(O)[C@@H]2C1)Nc1ccc(Cl)cc1. The Balaban J connectivity index is 1.25. The summed E-state index contributed by atoms with van der Waals surface area (Å²) < 4.78 is 13.8. The number of anilines is 1. The summed E-state index contributed by atoms with van der Waals surface area (Å²) in [4.78, 5) is 16.8. The summed E-state index contributed by atoms with van der Waals surface area (Å²) >= 11 is 5.89. The maximum absolute atomic E-state index is 13.8. The number of nitrogens with one attached hydrogen (secondary N) is 1. The zero-order chi connectivity index (χ0) is 21.5. The fourth-order valence-electron chi connectivity index (χ4n) is 5.68. The number of rotatable bonds is 4. The summed E-state index contributed by atoms with van der Waals surface area (Å²) in [6, 6.07) is 13.6. The van der Waals surface area contributed by atoms with Crippen LogP contribution in [0.3, 0.4) is 0 Å². The van der Waals surface area contributed by atoms with E-state index in [1.807, 2.05) is 6.07 Å². The molecule has 5 atom stereocenters. The number of halogens is 2. The second kappa shape index (κ2) is 8.21. The number of nitrogens with zero attached hydrogens (tertiary/aromatic N) is 1. The molecule has 2 aromatic carbocycles. The molecule has 6 heteroatoms. The van der Waals surface area contributed by atoms with E-state index in [1.54, 1.807) is 36.5 Å². The van der Waals surface area contributed by atoms with Gasteiger partial charge in [0.1, 0.15) is 5.82 Å². The Hall–Kier alpha value is -2.50. The van der Waals surface area contributed by atoms with Crippen molar-refractivity contribution in [2.45, 2.75) is 37.7 Å². The molecule has 1 amide bonds. The lowest BCUT2D eigenvalue weighted by molar-refractivity contribution is -0.117. The number of pyridine rings is 1. The number of aromatic nitrogens is 1. The van der Waals surface area contributed by atoms with Crippen LogP contribution >= 0.6 is 11.6 Å². The van der Waals surface area contributed by atoms with Crippen LogP contribution in [0.4, 0.5) is 10.1 Å². The van der Waals surface area contributed by atoms with Crippen LogP contribution < -0.4 is 5.32 Å². The van der Waals surface area contributed by atoms with Gasteiger partial charge in [0.15, 0.2) is 0 Å². The Morgan fingerprint density at radius 3 is 2.71 bits per heavy atom. The van der Waals surface area contributed by atoms with Gasteiger partial charge in [0.05, 0.1) is 11.6 Å². The van der Waals surface area contributed by atoms with Gasteiger partial charge >= 0.3 is 0 Å². The van der Waals surface area contributed by atoms with Crippen molar-refractivity contribution in [1.82, 2.24) is 4.98 Å². The number of aliphatic hydroxyl groups excluding tert-OH is 1. The molecule has 3 aromatic rings. The zero-order valence-electron chi connectivity index (χ0n) is 17.0. The number of carbonyl (C=O) groups is 1. The number of carbonyl (C=O) groups excluding carboxylic acids is 1. The van der Waals surface area contributed by atoms with Crippen molar-refractivity contribution in [2.24, 2.45) is 17.8 Å². The van der Waals surface area contributed by atoms with Gasteiger partial charge in [-0.1, -0.05) is 11.6 Å². The van der Waals surface area contributed by atoms with Crippen LogP contribution in [0, 0.1) is 23.6 Å². The first kappa shape index (κ1) is 20.4. The molecule has 0 bridgehead atoms. The van der Waals surface area contributed by atoms with Gasteiger partial charge in [0.2, 0.25) is 5.91 Å². The normalized spacial score (nSPS) is 27.4. The van der Waals surface area contributed by atoms with Crippen LogP contribution in [-0.2, 0) is 4.79 Å².